The maximum atomic E-state index is 14.5. The Morgan fingerprint density at radius 1 is 0.442 bits per heavy atom. The summed E-state index contributed by atoms with van der Waals surface area (Å²) < 4.78 is 214. The second kappa shape index (κ2) is 16.2. The minimum Gasteiger partial charge on any atom is -0.493 e. The standard InChI is InChI=1S/C34H24F14O4/c1-16(4-2-6-49-17-8-21(35)29(22(36)9-17)33(45,46)51-19-12-25(39)31(43)26(40)13-19)5-3-7-50-18-10-23(37)30(24(38)11-18)34(47,48)52-20-14-27(41)32(44)28(42)15-20/h8-16H,2-7H2,1H3. The van der Waals surface area contributed by atoms with Gasteiger partial charge in [0.2, 0.25) is 0 Å². The molecule has 0 amide bonds. The molecule has 0 aliphatic carbocycles. The van der Waals surface area contributed by atoms with Gasteiger partial charge in [-0.15, -0.1) is 0 Å². The van der Waals surface area contributed by atoms with Crippen LogP contribution in [0.15, 0.2) is 48.5 Å². The smallest absolute Gasteiger partial charge is 0.432 e. The molecule has 0 atom stereocenters. The second-order valence-corrected chi connectivity index (χ2v) is 11.2. The van der Waals surface area contributed by atoms with Gasteiger partial charge in [0.05, 0.1) is 13.2 Å². The van der Waals surface area contributed by atoms with E-state index in [0.29, 0.717) is 49.9 Å². The molecule has 0 unspecified atom stereocenters. The molecule has 4 rings (SSSR count). The molecular weight excluding hydrogens is 738 g/mol. The van der Waals surface area contributed by atoms with Gasteiger partial charge in [0.25, 0.3) is 0 Å². The summed E-state index contributed by atoms with van der Waals surface area (Å²) >= 11 is 0. The Morgan fingerprint density at radius 2 is 0.712 bits per heavy atom. The van der Waals surface area contributed by atoms with Crippen LogP contribution in [0.5, 0.6) is 23.0 Å². The van der Waals surface area contributed by atoms with Crippen LogP contribution in [-0.2, 0) is 12.2 Å². The molecule has 0 N–H and O–H groups in total. The van der Waals surface area contributed by atoms with Crippen LogP contribution in [0.4, 0.5) is 61.5 Å². The van der Waals surface area contributed by atoms with E-state index in [1.54, 1.807) is 6.92 Å². The molecule has 0 aromatic heterocycles. The van der Waals surface area contributed by atoms with Gasteiger partial charge in [-0.05, 0) is 31.6 Å². The molecular formula is C34H24F14O4. The van der Waals surface area contributed by atoms with E-state index in [1.807, 2.05) is 0 Å². The van der Waals surface area contributed by atoms with Gasteiger partial charge in [-0.3, -0.25) is 0 Å². The zero-order chi connectivity index (χ0) is 38.5. The number of ether oxygens (including phenoxy) is 4. The molecule has 18 heteroatoms. The first-order chi connectivity index (χ1) is 24.3. The molecule has 4 aromatic carbocycles. The fourth-order valence-electron chi connectivity index (χ4n) is 4.79. The zero-order valence-corrected chi connectivity index (χ0v) is 26.4. The molecule has 0 radical (unpaired) electrons. The summed E-state index contributed by atoms with van der Waals surface area (Å²) in [5.41, 5.74) is -3.79. The molecule has 0 heterocycles. The van der Waals surface area contributed by atoms with Crippen LogP contribution in [0.2, 0.25) is 0 Å². The topological polar surface area (TPSA) is 36.9 Å². The molecule has 0 spiro atoms. The predicted octanol–water partition coefficient (Wildman–Crippen LogP) is 11.0. The summed E-state index contributed by atoms with van der Waals surface area (Å²) in [6, 6.07) is 1.99. The zero-order valence-electron chi connectivity index (χ0n) is 26.4. The molecule has 4 aromatic rings. The fraction of sp³-hybridized carbons (Fsp3) is 0.294. The Hall–Kier alpha value is -4.90. The third-order valence-electron chi connectivity index (χ3n) is 7.24. The number of benzene rings is 4. The van der Waals surface area contributed by atoms with E-state index in [1.165, 1.54) is 0 Å². The number of alkyl halides is 4. The van der Waals surface area contributed by atoms with E-state index in [4.69, 9.17) is 9.47 Å². The van der Waals surface area contributed by atoms with Gasteiger partial charge in [-0.25, -0.2) is 43.9 Å². The van der Waals surface area contributed by atoms with Crippen molar-refractivity contribution in [2.24, 2.45) is 5.92 Å². The maximum Gasteiger partial charge on any atom is 0.432 e. The highest BCUT2D eigenvalue weighted by Crippen LogP contribution is 2.39. The van der Waals surface area contributed by atoms with Gasteiger partial charge >= 0.3 is 12.2 Å². The predicted molar refractivity (Wildman–Crippen MR) is 153 cm³/mol. The maximum absolute atomic E-state index is 14.5. The first kappa shape index (κ1) is 39.9. The Bertz CT molecular complexity index is 1680. The van der Waals surface area contributed by atoms with Gasteiger partial charge < -0.3 is 18.9 Å². The van der Waals surface area contributed by atoms with Crippen molar-refractivity contribution in [3.63, 3.8) is 0 Å². The third-order valence-corrected chi connectivity index (χ3v) is 7.24. The van der Waals surface area contributed by atoms with Crippen LogP contribution < -0.4 is 18.9 Å². The van der Waals surface area contributed by atoms with Crippen LogP contribution in [0.3, 0.4) is 0 Å². The Balaban J connectivity index is 1.22. The number of hydrogen-bond donors (Lipinski definition) is 0. The van der Waals surface area contributed by atoms with Crippen molar-refractivity contribution in [2.75, 3.05) is 13.2 Å². The lowest BCUT2D eigenvalue weighted by Gasteiger charge is -2.20. The summed E-state index contributed by atoms with van der Waals surface area (Å²) in [6.45, 7) is 1.55. The summed E-state index contributed by atoms with van der Waals surface area (Å²) in [5, 5.41) is 0. The molecule has 0 saturated carbocycles. The van der Waals surface area contributed by atoms with Gasteiger partial charge in [-0.1, -0.05) is 6.92 Å². The van der Waals surface area contributed by atoms with Gasteiger partial charge in [0.15, 0.2) is 34.9 Å². The van der Waals surface area contributed by atoms with Crippen molar-refractivity contribution in [3.05, 3.63) is 118 Å². The highest BCUT2D eigenvalue weighted by atomic mass is 19.3. The quantitative estimate of drug-likeness (QED) is 0.0647. The summed E-state index contributed by atoms with van der Waals surface area (Å²) in [4.78, 5) is 0. The van der Waals surface area contributed by atoms with E-state index in [0.717, 1.165) is 0 Å². The first-order valence-electron chi connectivity index (χ1n) is 15.0. The van der Waals surface area contributed by atoms with Crippen LogP contribution >= 0.6 is 0 Å². The van der Waals surface area contributed by atoms with Crippen molar-refractivity contribution in [2.45, 2.75) is 44.8 Å². The average molecular weight is 763 g/mol. The van der Waals surface area contributed by atoms with Gasteiger partial charge in [0.1, 0.15) is 57.4 Å². The minimum atomic E-state index is -4.77. The monoisotopic (exact) mass is 762 g/mol. The Kier molecular flexibility index (Phi) is 12.4. The van der Waals surface area contributed by atoms with Crippen molar-refractivity contribution in [1.29, 1.82) is 0 Å². The number of halogens is 14. The van der Waals surface area contributed by atoms with E-state index in [-0.39, 0.29) is 43.4 Å². The van der Waals surface area contributed by atoms with Crippen LogP contribution in [-0.4, -0.2) is 13.2 Å². The van der Waals surface area contributed by atoms with Crippen molar-refractivity contribution >= 4 is 0 Å². The summed E-state index contributed by atoms with van der Waals surface area (Å²) in [5.74, 6) is -22.1. The fourth-order valence-corrected chi connectivity index (χ4v) is 4.79. The van der Waals surface area contributed by atoms with E-state index in [2.05, 4.69) is 9.47 Å². The largest absolute Gasteiger partial charge is 0.493 e. The van der Waals surface area contributed by atoms with Crippen molar-refractivity contribution in [1.82, 2.24) is 0 Å². The average Bonchev–Trinajstić information content (AvgIpc) is 3.01. The third kappa shape index (κ3) is 9.70. The summed E-state index contributed by atoms with van der Waals surface area (Å²) in [6.07, 6.45) is -7.99. The highest BCUT2D eigenvalue weighted by Gasteiger charge is 2.43. The lowest BCUT2D eigenvalue weighted by Crippen LogP contribution is -2.25. The Morgan fingerprint density at radius 3 is 1.00 bits per heavy atom. The normalized spacial score (nSPS) is 12.0. The molecule has 0 saturated heterocycles. The molecule has 4 nitrogen and oxygen atoms in total. The van der Waals surface area contributed by atoms with Gasteiger partial charge in [-0.2, -0.15) is 17.6 Å². The SMILES string of the molecule is CC(CCCOc1cc(F)c(C(F)(F)Oc2cc(F)c(F)c(F)c2)c(F)c1)CCCOc1cc(F)c(C(F)(F)Oc2cc(F)c(F)c(F)c2)c(F)c1. The van der Waals surface area contributed by atoms with Crippen LogP contribution in [0.1, 0.15) is 43.7 Å². The molecule has 282 valence electrons. The lowest BCUT2D eigenvalue weighted by atomic mass is 10.0. The highest BCUT2D eigenvalue weighted by molar-refractivity contribution is 5.35. The second-order valence-electron chi connectivity index (χ2n) is 11.2. The van der Waals surface area contributed by atoms with Crippen LogP contribution in [0.25, 0.3) is 0 Å². The molecule has 0 fully saturated rings. The Labute approximate surface area is 285 Å². The molecule has 0 aliphatic rings. The molecule has 52 heavy (non-hydrogen) atoms. The molecule has 0 bridgehead atoms. The van der Waals surface area contributed by atoms with Crippen LogP contribution in [0, 0.1) is 64.1 Å². The van der Waals surface area contributed by atoms with Gasteiger partial charge in [0, 0.05) is 48.5 Å². The van der Waals surface area contributed by atoms with Crippen molar-refractivity contribution in [3.8, 4) is 23.0 Å². The summed E-state index contributed by atoms with van der Waals surface area (Å²) in [7, 11) is 0. The molecule has 0 aliphatic heterocycles. The first-order valence-corrected chi connectivity index (χ1v) is 15.0. The van der Waals surface area contributed by atoms with Crippen molar-refractivity contribution < 1.29 is 80.4 Å². The van der Waals surface area contributed by atoms with E-state index in [9.17, 15) is 61.5 Å². The van der Waals surface area contributed by atoms with E-state index < -0.39 is 105 Å². The minimum absolute atomic E-state index is 0.0344. The lowest BCUT2D eigenvalue weighted by molar-refractivity contribution is -0.190. The number of rotatable bonds is 16. The van der Waals surface area contributed by atoms with E-state index >= 15 is 0 Å². The number of hydrogen-bond acceptors (Lipinski definition) is 4.